The molecule has 1 aromatic heterocycles. The number of carbonyl (C=O) groups is 4. The molecule has 2 rings (SSSR count). The monoisotopic (exact) mass is 539 g/mol. The van der Waals surface area contributed by atoms with Gasteiger partial charge in [0.1, 0.15) is 0 Å². The van der Waals surface area contributed by atoms with E-state index in [4.69, 9.17) is 4.74 Å². The lowest BCUT2D eigenvalue weighted by atomic mass is 10.2. The summed E-state index contributed by atoms with van der Waals surface area (Å²) in [4.78, 5) is 53.5. The summed E-state index contributed by atoms with van der Waals surface area (Å²) < 4.78 is 5.87. The van der Waals surface area contributed by atoms with Crippen LogP contribution >= 0.6 is 0 Å². The fourth-order valence-electron chi connectivity index (χ4n) is 4.07. The minimum absolute atomic E-state index is 0.138. The first-order valence-corrected chi connectivity index (χ1v) is 12.4. The summed E-state index contributed by atoms with van der Waals surface area (Å²) in [6.07, 6.45) is 0.903. The van der Waals surface area contributed by atoms with Gasteiger partial charge in [0.25, 0.3) is 0 Å². The number of rotatable bonds is 10. The van der Waals surface area contributed by atoms with Crippen molar-refractivity contribution in [2.45, 2.75) is 26.5 Å². The highest BCUT2D eigenvalue weighted by atomic mass is 16.5. The van der Waals surface area contributed by atoms with Crippen molar-refractivity contribution in [1.82, 2.24) is 19.6 Å². The Bertz CT molecular complexity index is 943. The average Bonchev–Trinajstić information content (AvgIpc) is 2.80. The summed E-state index contributed by atoms with van der Waals surface area (Å²) in [5.41, 5.74) is 0.520. The largest absolute Gasteiger partial charge is 0.618 e. The normalized spacial score (nSPS) is 17.4. The first-order chi connectivity index (χ1) is 17.9. The molecule has 0 aromatic carbocycles. The van der Waals surface area contributed by atoms with Crippen molar-refractivity contribution in [1.29, 1.82) is 0 Å². The third kappa shape index (κ3) is 11.4. The smallest absolute Gasteiger partial charge is 0.338 e. The van der Waals surface area contributed by atoms with Gasteiger partial charge in [0.05, 0.1) is 37.8 Å². The zero-order chi connectivity index (χ0) is 28.2. The number of esters is 1. The molecule has 0 unspecified atom stereocenters. The molecular formula is C24H37N5O9. The van der Waals surface area contributed by atoms with Crippen LogP contribution in [0.2, 0.25) is 0 Å². The molecule has 1 aliphatic rings. The summed E-state index contributed by atoms with van der Waals surface area (Å²) in [5.74, 6) is -3.62. The van der Waals surface area contributed by atoms with Crippen LogP contribution in [0.3, 0.4) is 0 Å². The minimum atomic E-state index is -1.02. The lowest BCUT2D eigenvalue weighted by molar-refractivity contribution is -0.615. The number of hydrogen-bond acceptors (Lipinski definition) is 10. The Labute approximate surface area is 221 Å². The molecule has 0 bridgehead atoms. The molecule has 0 amide bonds. The molecule has 2 heterocycles. The van der Waals surface area contributed by atoms with Crippen LogP contribution in [0.1, 0.15) is 29.9 Å². The average molecular weight is 540 g/mol. The van der Waals surface area contributed by atoms with Crippen molar-refractivity contribution in [3.63, 3.8) is 0 Å². The molecule has 3 N–H and O–H groups in total. The number of ether oxygens (including phenoxy) is 1. The van der Waals surface area contributed by atoms with E-state index in [1.54, 1.807) is 28.5 Å². The number of hydrogen-bond donors (Lipinski definition) is 3. The molecule has 1 saturated heterocycles. The van der Waals surface area contributed by atoms with Crippen molar-refractivity contribution < 1.29 is 44.0 Å². The molecule has 14 heteroatoms. The quantitative estimate of drug-likeness (QED) is 0.185. The molecule has 1 aromatic rings. The summed E-state index contributed by atoms with van der Waals surface area (Å²) >= 11 is 0. The standard InChI is InChI=1S/C24H37N5O9/c1-18(2)38-24(36)19-3-4-29(37)20(13-19)14-25-5-7-26(15-21(30)31)9-11-28(17-23(34)35)12-10-27(8-6-25)16-22(32)33/h3-4,13,18H,5-12,14-17H2,1-2H3,(H,30,31)(H,32,33)(H,34,35). The predicted octanol–water partition coefficient (Wildman–Crippen LogP) is -1.14. The van der Waals surface area contributed by atoms with Crippen LogP contribution in [0.5, 0.6) is 0 Å². The molecule has 0 saturated carbocycles. The lowest BCUT2D eigenvalue weighted by Crippen LogP contribution is -2.49. The van der Waals surface area contributed by atoms with Crippen molar-refractivity contribution in [2.24, 2.45) is 0 Å². The Morgan fingerprint density at radius 1 is 0.816 bits per heavy atom. The van der Waals surface area contributed by atoms with E-state index in [9.17, 15) is 39.7 Å². The third-order valence-electron chi connectivity index (χ3n) is 5.97. The predicted molar refractivity (Wildman–Crippen MR) is 133 cm³/mol. The molecule has 0 spiro atoms. The van der Waals surface area contributed by atoms with E-state index in [1.807, 2.05) is 4.90 Å². The topological polar surface area (TPSA) is 178 Å². The maximum absolute atomic E-state index is 12.5. The highest BCUT2D eigenvalue weighted by molar-refractivity contribution is 5.89. The van der Waals surface area contributed by atoms with Gasteiger partial charge < -0.3 is 25.3 Å². The van der Waals surface area contributed by atoms with Gasteiger partial charge in [0.15, 0.2) is 6.20 Å². The fourth-order valence-corrected chi connectivity index (χ4v) is 4.07. The SMILES string of the molecule is CC(C)OC(=O)c1cc[n+]([O-])c(CN2CCN(CC(=O)O)CCN(CC(=O)O)CCN(CC(=O)O)CC2)c1. The van der Waals surface area contributed by atoms with E-state index in [2.05, 4.69) is 0 Å². The van der Waals surface area contributed by atoms with Gasteiger partial charge in [-0.25, -0.2) is 4.79 Å². The van der Waals surface area contributed by atoms with Gasteiger partial charge in [-0.2, -0.15) is 4.73 Å². The number of carboxylic acid groups (broad SMARTS) is 3. The van der Waals surface area contributed by atoms with Gasteiger partial charge in [0.2, 0.25) is 5.69 Å². The molecule has 1 fully saturated rings. The second-order valence-corrected chi connectivity index (χ2v) is 9.47. The van der Waals surface area contributed by atoms with Gasteiger partial charge in [0, 0.05) is 64.5 Å². The number of aromatic nitrogens is 1. The maximum atomic E-state index is 12.5. The van der Waals surface area contributed by atoms with Gasteiger partial charge in [-0.1, -0.05) is 0 Å². The highest BCUT2D eigenvalue weighted by Crippen LogP contribution is 2.09. The number of aliphatic carboxylic acids is 3. The first kappa shape index (κ1) is 30.9. The van der Waals surface area contributed by atoms with Crippen LogP contribution in [0.15, 0.2) is 18.3 Å². The van der Waals surface area contributed by atoms with E-state index in [-0.39, 0.29) is 43.5 Å². The highest BCUT2D eigenvalue weighted by Gasteiger charge is 2.22. The molecule has 0 radical (unpaired) electrons. The Hall–Kier alpha value is -3.33. The van der Waals surface area contributed by atoms with E-state index in [0.717, 1.165) is 0 Å². The number of carboxylic acids is 3. The van der Waals surface area contributed by atoms with Gasteiger partial charge >= 0.3 is 23.9 Å². The summed E-state index contributed by atoms with van der Waals surface area (Å²) in [5, 5.41) is 40.5. The molecule has 212 valence electrons. The molecule has 0 atom stereocenters. The fraction of sp³-hybridized carbons (Fsp3) is 0.625. The molecular weight excluding hydrogens is 502 g/mol. The zero-order valence-electron chi connectivity index (χ0n) is 21.8. The van der Waals surface area contributed by atoms with E-state index < -0.39 is 23.9 Å². The Kier molecular flexibility index (Phi) is 12.3. The Morgan fingerprint density at radius 2 is 1.21 bits per heavy atom. The maximum Gasteiger partial charge on any atom is 0.338 e. The van der Waals surface area contributed by atoms with E-state index >= 15 is 0 Å². The Morgan fingerprint density at radius 3 is 1.58 bits per heavy atom. The lowest BCUT2D eigenvalue weighted by Gasteiger charge is -2.32. The van der Waals surface area contributed by atoms with E-state index in [1.165, 1.54) is 18.3 Å². The molecule has 0 aliphatic carbocycles. The minimum Gasteiger partial charge on any atom is -0.618 e. The Balaban J connectivity index is 2.26. The third-order valence-corrected chi connectivity index (χ3v) is 5.97. The number of pyridine rings is 1. The molecule has 38 heavy (non-hydrogen) atoms. The van der Waals surface area contributed by atoms with Gasteiger partial charge in [-0.15, -0.1) is 0 Å². The van der Waals surface area contributed by atoms with Crippen LogP contribution in [0, 0.1) is 5.21 Å². The van der Waals surface area contributed by atoms with E-state index in [0.29, 0.717) is 57.1 Å². The zero-order valence-corrected chi connectivity index (χ0v) is 21.8. The summed E-state index contributed by atoms with van der Waals surface area (Å²) in [7, 11) is 0. The van der Waals surface area contributed by atoms with Crippen molar-refractivity contribution in [3.05, 3.63) is 34.8 Å². The van der Waals surface area contributed by atoms with Crippen molar-refractivity contribution in [3.8, 4) is 0 Å². The van der Waals surface area contributed by atoms with Crippen LogP contribution in [-0.2, 0) is 25.7 Å². The van der Waals surface area contributed by atoms with Crippen LogP contribution in [-0.4, -0.2) is 137 Å². The number of carbonyl (C=O) groups excluding carboxylic acids is 1. The second kappa shape index (κ2) is 15.2. The van der Waals surface area contributed by atoms with Crippen molar-refractivity contribution in [2.75, 3.05) is 72.0 Å². The van der Waals surface area contributed by atoms with Crippen molar-refractivity contribution >= 4 is 23.9 Å². The van der Waals surface area contributed by atoms with Crippen LogP contribution in [0.4, 0.5) is 0 Å². The van der Waals surface area contributed by atoms with Gasteiger partial charge in [-0.3, -0.25) is 34.0 Å². The first-order valence-electron chi connectivity index (χ1n) is 12.4. The number of nitrogens with zero attached hydrogens (tertiary/aromatic N) is 5. The summed E-state index contributed by atoms with van der Waals surface area (Å²) in [6, 6.07) is 2.84. The molecule has 14 nitrogen and oxygen atoms in total. The second-order valence-electron chi connectivity index (χ2n) is 9.47. The summed E-state index contributed by atoms with van der Waals surface area (Å²) in [6.45, 7) is 5.39. The van der Waals surface area contributed by atoms with Gasteiger partial charge in [-0.05, 0) is 13.8 Å². The van der Waals surface area contributed by atoms with Crippen LogP contribution < -0.4 is 4.73 Å². The van der Waals surface area contributed by atoms with Crippen LogP contribution in [0.25, 0.3) is 0 Å². The molecule has 1 aliphatic heterocycles.